The molecule has 0 bridgehead atoms. The monoisotopic (exact) mass is 332 g/mol. The highest BCUT2D eigenvalue weighted by Crippen LogP contribution is 2.51. The molecule has 0 radical (unpaired) electrons. The quantitative estimate of drug-likeness (QED) is 0.691. The van der Waals surface area contributed by atoms with Gasteiger partial charge in [0.05, 0.1) is 17.1 Å². The SMILES string of the molecule is Cc1cc(C)n(P(=O)(n2nc(C)cc2C)n2nc(C)cc2C)n1. The van der Waals surface area contributed by atoms with Crippen LogP contribution in [0.15, 0.2) is 18.2 Å². The Hall–Kier alpha value is -2.14. The van der Waals surface area contributed by atoms with Gasteiger partial charge in [-0.3, -0.25) is 0 Å². The van der Waals surface area contributed by atoms with Crippen LogP contribution in [-0.4, -0.2) is 28.7 Å². The van der Waals surface area contributed by atoms with Crippen molar-refractivity contribution in [3.05, 3.63) is 52.4 Å². The second-order valence-electron chi connectivity index (χ2n) is 5.96. The van der Waals surface area contributed by atoms with E-state index in [4.69, 9.17) is 0 Å². The van der Waals surface area contributed by atoms with Crippen LogP contribution in [0.1, 0.15) is 34.2 Å². The molecule has 0 saturated carbocycles. The smallest absolute Gasteiger partial charge is 0.244 e. The maximum Gasteiger partial charge on any atom is 0.419 e. The minimum Gasteiger partial charge on any atom is -0.244 e. The molecule has 3 aromatic rings. The Morgan fingerprint density at radius 3 is 1.09 bits per heavy atom. The zero-order valence-corrected chi connectivity index (χ0v) is 15.2. The first-order valence-electron chi connectivity index (χ1n) is 7.46. The molecule has 0 fully saturated rings. The second kappa shape index (κ2) is 5.20. The van der Waals surface area contributed by atoms with Crippen molar-refractivity contribution in [2.24, 2.45) is 0 Å². The van der Waals surface area contributed by atoms with Crippen molar-refractivity contribution in [2.75, 3.05) is 0 Å². The molecule has 0 N–H and O–H groups in total. The minimum absolute atomic E-state index is 0.811. The van der Waals surface area contributed by atoms with Gasteiger partial charge in [-0.1, -0.05) is 0 Å². The summed E-state index contributed by atoms with van der Waals surface area (Å²) < 4.78 is 18.9. The summed E-state index contributed by atoms with van der Waals surface area (Å²) in [6, 6.07) is 5.72. The second-order valence-corrected chi connectivity index (χ2v) is 8.13. The fraction of sp³-hybridized carbons (Fsp3) is 0.400. The van der Waals surface area contributed by atoms with Crippen molar-refractivity contribution in [3.63, 3.8) is 0 Å². The van der Waals surface area contributed by atoms with Crippen LogP contribution in [0.5, 0.6) is 0 Å². The number of aryl methyl sites for hydroxylation is 6. The summed E-state index contributed by atoms with van der Waals surface area (Å²) >= 11 is 0. The molecule has 0 atom stereocenters. The highest BCUT2D eigenvalue weighted by Gasteiger charge is 2.36. The highest BCUT2D eigenvalue weighted by molar-refractivity contribution is 7.59. The van der Waals surface area contributed by atoms with Gasteiger partial charge in [-0.25, -0.2) is 4.57 Å². The molecule has 122 valence electrons. The molecule has 0 aliphatic carbocycles. The normalized spacial score (nSPS) is 12.1. The molecular weight excluding hydrogens is 311 g/mol. The molecule has 0 aromatic carbocycles. The average molecular weight is 332 g/mol. The first kappa shape index (κ1) is 15.7. The Morgan fingerprint density at radius 1 is 0.652 bits per heavy atom. The summed E-state index contributed by atoms with van der Waals surface area (Å²) in [4.78, 5) is 0. The molecule has 3 heterocycles. The maximum absolute atomic E-state index is 14.2. The van der Waals surface area contributed by atoms with Crippen molar-refractivity contribution in [1.82, 2.24) is 28.7 Å². The summed E-state index contributed by atoms with van der Waals surface area (Å²) in [5.74, 6) is 0. The van der Waals surface area contributed by atoms with Crippen molar-refractivity contribution in [2.45, 2.75) is 41.5 Å². The van der Waals surface area contributed by atoms with E-state index >= 15 is 0 Å². The van der Waals surface area contributed by atoms with Gasteiger partial charge in [0.2, 0.25) is 0 Å². The molecule has 0 unspecified atom stereocenters. The number of hydrogen-bond donors (Lipinski definition) is 0. The predicted octanol–water partition coefficient (Wildman–Crippen LogP) is 3.18. The van der Waals surface area contributed by atoms with Crippen LogP contribution in [-0.2, 0) is 4.57 Å². The van der Waals surface area contributed by atoms with Gasteiger partial charge in [0, 0.05) is 17.1 Å². The molecule has 0 amide bonds. The fourth-order valence-electron chi connectivity index (χ4n) is 2.88. The molecule has 7 nitrogen and oxygen atoms in total. The van der Waals surface area contributed by atoms with E-state index in [-0.39, 0.29) is 0 Å². The van der Waals surface area contributed by atoms with E-state index in [0.29, 0.717) is 0 Å². The third-order valence-corrected chi connectivity index (χ3v) is 6.39. The number of nitrogens with zero attached hydrogens (tertiary/aromatic N) is 6. The van der Waals surface area contributed by atoms with Gasteiger partial charge in [0.15, 0.2) is 0 Å². The fourth-order valence-corrected chi connectivity index (χ4v) is 5.54. The van der Waals surface area contributed by atoms with Crippen molar-refractivity contribution < 1.29 is 4.57 Å². The van der Waals surface area contributed by atoms with Crippen LogP contribution in [0, 0.1) is 41.5 Å². The van der Waals surface area contributed by atoms with Gasteiger partial charge in [0.1, 0.15) is 0 Å². The topological polar surface area (TPSA) is 70.5 Å². The zero-order valence-electron chi connectivity index (χ0n) is 14.3. The Bertz CT molecular complexity index is 813. The highest BCUT2D eigenvalue weighted by atomic mass is 31.2. The van der Waals surface area contributed by atoms with Crippen LogP contribution in [0.25, 0.3) is 0 Å². The van der Waals surface area contributed by atoms with Crippen LogP contribution < -0.4 is 0 Å². The Morgan fingerprint density at radius 2 is 0.913 bits per heavy atom. The molecule has 8 heteroatoms. The van der Waals surface area contributed by atoms with Crippen LogP contribution in [0.3, 0.4) is 0 Å². The first-order chi connectivity index (χ1) is 10.7. The molecule has 23 heavy (non-hydrogen) atoms. The first-order valence-corrected chi connectivity index (χ1v) is 9.02. The Labute approximate surface area is 135 Å². The molecule has 0 aliphatic heterocycles. The van der Waals surface area contributed by atoms with Crippen LogP contribution in [0.4, 0.5) is 0 Å². The van der Waals surface area contributed by atoms with Crippen molar-refractivity contribution in [3.8, 4) is 0 Å². The summed E-state index contributed by atoms with van der Waals surface area (Å²) in [6.45, 7) is 11.3. The van der Waals surface area contributed by atoms with Gasteiger partial charge < -0.3 is 0 Å². The van der Waals surface area contributed by atoms with E-state index in [9.17, 15) is 4.57 Å². The largest absolute Gasteiger partial charge is 0.419 e. The average Bonchev–Trinajstić information content (AvgIpc) is 3.07. The van der Waals surface area contributed by atoms with Crippen molar-refractivity contribution in [1.29, 1.82) is 0 Å². The molecule has 3 aromatic heterocycles. The molecule has 0 spiro atoms. The summed E-state index contributed by atoms with van der Waals surface area (Å²) in [5, 5.41) is 13.4. The Kier molecular flexibility index (Phi) is 3.56. The number of rotatable bonds is 3. The summed E-state index contributed by atoms with van der Waals surface area (Å²) in [7, 11) is -3.41. The van der Waals surface area contributed by atoms with Crippen LogP contribution in [0.2, 0.25) is 0 Å². The molecule has 3 rings (SSSR count). The lowest BCUT2D eigenvalue weighted by Gasteiger charge is -2.22. The van der Waals surface area contributed by atoms with E-state index in [0.717, 1.165) is 34.2 Å². The third kappa shape index (κ3) is 2.36. The van der Waals surface area contributed by atoms with E-state index in [1.54, 1.807) is 13.4 Å². The third-order valence-electron chi connectivity index (χ3n) is 3.70. The summed E-state index contributed by atoms with van der Waals surface area (Å²) in [6.07, 6.45) is 0. The van der Waals surface area contributed by atoms with E-state index in [1.165, 1.54) is 0 Å². The van der Waals surface area contributed by atoms with Gasteiger partial charge >= 0.3 is 7.59 Å². The lowest BCUT2D eigenvalue weighted by molar-refractivity contribution is 0.528. The van der Waals surface area contributed by atoms with Gasteiger partial charge in [-0.2, -0.15) is 28.7 Å². The van der Waals surface area contributed by atoms with E-state index in [1.807, 2.05) is 59.7 Å². The maximum atomic E-state index is 14.2. The van der Waals surface area contributed by atoms with Gasteiger partial charge in [-0.15, -0.1) is 0 Å². The lowest BCUT2D eigenvalue weighted by Crippen LogP contribution is -2.19. The van der Waals surface area contributed by atoms with Crippen LogP contribution >= 0.6 is 7.59 Å². The molecular formula is C15H21N6OP. The zero-order chi connectivity index (χ0) is 16.9. The van der Waals surface area contributed by atoms with Gasteiger partial charge in [0.25, 0.3) is 0 Å². The standard InChI is InChI=1S/C15H21N6OP/c1-10-7-13(4)19(16-10)23(22,20-14(5)8-11(2)17-20)21-15(6)9-12(3)18-21/h7-9H,1-6H3. The summed E-state index contributed by atoms with van der Waals surface area (Å²) in [5.41, 5.74) is 4.87. The van der Waals surface area contributed by atoms with E-state index < -0.39 is 7.59 Å². The number of hydrogen-bond acceptors (Lipinski definition) is 4. The van der Waals surface area contributed by atoms with Gasteiger partial charge in [-0.05, 0) is 59.7 Å². The van der Waals surface area contributed by atoms with Crippen molar-refractivity contribution >= 4 is 7.59 Å². The number of aromatic nitrogens is 6. The molecule has 0 aliphatic rings. The Balaban J connectivity index is 2.39. The van der Waals surface area contributed by atoms with E-state index in [2.05, 4.69) is 15.3 Å². The predicted molar refractivity (Wildman–Crippen MR) is 88.9 cm³/mol. The lowest BCUT2D eigenvalue weighted by atomic mass is 10.4. The molecule has 0 saturated heterocycles. The minimum atomic E-state index is -3.41.